The zero-order valence-corrected chi connectivity index (χ0v) is 16.8. The van der Waals surface area contributed by atoms with E-state index in [2.05, 4.69) is 40.9 Å². The Hall–Kier alpha value is -2.99. The molecule has 0 saturated carbocycles. The van der Waals surface area contributed by atoms with Gasteiger partial charge in [0, 0.05) is 11.3 Å². The second-order valence-electron chi connectivity index (χ2n) is 6.40. The Balaban J connectivity index is 1.71. The summed E-state index contributed by atoms with van der Waals surface area (Å²) in [5.41, 5.74) is 10.2. The molecule has 0 bridgehead atoms. The van der Waals surface area contributed by atoms with Crippen LogP contribution in [-0.2, 0) is 0 Å². The molecule has 3 rings (SSSR count). The van der Waals surface area contributed by atoms with Crippen molar-refractivity contribution in [1.29, 1.82) is 0 Å². The second-order valence-corrected chi connectivity index (χ2v) is 6.81. The lowest BCUT2D eigenvalue weighted by Gasteiger charge is -2.11. The van der Waals surface area contributed by atoms with E-state index < -0.39 is 0 Å². The van der Waals surface area contributed by atoms with Gasteiger partial charge in [-0.25, -0.2) is 4.68 Å². The van der Waals surface area contributed by atoms with E-state index >= 15 is 0 Å². The average Bonchev–Trinajstić information content (AvgIpc) is 2.94. The fraction of sp³-hybridized carbons (Fsp3) is 0.190. The van der Waals surface area contributed by atoms with E-state index in [1.807, 2.05) is 61.0 Å². The van der Waals surface area contributed by atoms with Crippen LogP contribution in [0.25, 0.3) is 5.69 Å². The van der Waals surface area contributed by atoms with Crippen molar-refractivity contribution in [3.05, 3.63) is 76.6 Å². The number of hydrazone groups is 1. The van der Waals surface area contributed by atoms with Crippen LogP contribution >= 0.6 is 12.2 Å². The first-order valence-corrected chi connectivity index (χ1v) is 9.16. The lowest BCUT2D eigenvalue weighted by molar-refractivity contribution is 0.833. The minimum atomic E-state index is 0.450. The van der Waals surface area contributed by atoms with Crippen molar-refractivity contribution in [2.45, 2.75) is 27.7 Å². The van der Waals surface area contributed by atoms with Gasteiger partial charge in [0.05, 0.1) is 23.3 Å². The number of nitrogens with zero attached hydrogens (tertiary/aromatic N) is 3. The molecule has 0 amide bonds. The molecule has 0 aliphatic rings. The third-order valence-corrected chi connectivity index (χ3v) is 4.75. The van der Waals surface area contributed by atoms with Crippen LogP contribution < -0.4 is 10.7 Å². The maximum Gasteiger partial charge on any atom is 0.191 e. The minimum Gasteiger partial charge on any atom is -0.331 e. The van der Waals surface area contributed by atoms with Gasteiger partial charge in [0.2, 0.25) is 0 Å². The molecule has 0 spiro atoms. The Morgan fingerprint density at radius 2 is 1.78 bits per heavy atom. The number of rotatable bonds is 4. The molecule has 3 aromatic rings. The standard InChI is InChI=1S/C21H23N5S/c1-14-9-8-12-20(15(14)2)23-21(27)24-22-13-19-16(3)25-26(17(19)4)18-10-6-5-7-11-18/h5-13H,1-4H3,(H2,23,24,27). The first kappa shape index (κ1) is 18.8. The number of thiocarbonyl (C=S) groups is 1. The Labute approximate surface area is 165 Å². The molecule has 0 aliphatic carbocycles. The predicted molar refractivity (Wildman–Crippen MR) is 116 cm³/mol. The van der Waals surface area contributed by atoms with Crippen LogP contribution in [-0.4, -0.2) is 21.1 Å². The summed E-state index contributed by atoms with van der Waals surface area (Å²) in [5, 5.41) is 12.5. The predicted octanol–water partition coefficient (Wildman–Crippen LogP) is 4.43. The average molecular weight is 378 g/mol. The number of hydrogen-bond acceptors (Lipinski definition) is 3. The van der Waals surface area contributed by atoms with Crippen LogP contribution in [0.15, 0.2) is 53.6 Å². The van der Waals surface area contributed by atoms with Crippen LogP contribution in [0.3, 0.4) is 0 Å². The Bertz CT molecular complexity index is 989. The maximum atomic E-state index is 5.34. The number of anilines is 1. The number of hydrogen-bond donors (Lipinski definition) is 2. The van der Waals surface area contributed by atoms with Crippen molar-refractivity contribution in [1.82, 2.24) is 15.2 Å². The van der Waals surface area contributed by atoms with Crippen molar-refractivity contribution < 1.29 is 0 Å². The summed E-state index contributed by atoms with van der Waals surface area (Å²) in [6, 6.07) is 16.1. The van der Waals surface area contributed by atoms with E-state index in [1.54, 1.807) is 6.21 Å². The molecule has 2 N–H and O–H groups in total. The highest BCUT2D eigenvalue weighted by Crippen LogP contribution is 2.18. The fourth-order valence-corrected chi connectivity index (χ4v) is 3.02. The minimum absolute atomic E-state index is 0.450. The molecule has 27 heavy (non-hydrogen) atoms. The van der Waals surface area contributed by atoms with Crippen molar-refractivity contribution >= 4 is 29.2 Å². The first-order chi connectivity index (χ1) is 13.0. The highest BCUT2D eigenvalue weighted by Gasteiger charge is 2.11. The van der Waals surface area contributed by atoms with Crippen LogP contribution in [0.4, 0.5) is 5.69 Å². The van der Waals surface area contributed by atoms with Crippen LogP contribution in [0.2, 0.25) is 0 Å². The maximum absolute atomic E-state index is 5.34. The van der Waals surface area contributed by atoms with E-state index in [0.717, 1.165) is 28.3 Å². The van der Waals surface area contributed by atoms with Gasteiger partial charge in [-0.15, -0.1) is 0 Å². The lowest BCUT2D eigenvalue weighted by atomic mass is 10.1. The number of aryl methyl sites for hydroxylation is 2. The monoisotopic (exact) mass is 377 g/mol. The molecule has 0 radical (unpaired) electrons. The lowest BCUT2D eigenvalue weighted by Crippen LogP contribution is -2.24. The van der Waals surface area contributed by atoms with Gasteiger partial charge in [-0.05, 0) is 69.2 Å². The van der Waals surface area contributed by atoms with Gasteiger partial charge < -0.3 is 5.32 Å². The summed E-state index contributed by atoms with van der Waals surface area (Å²) in [5.74, 6) is 0. The number of nitrogens with one attached hydrogen (secondary N) is 2. The SMILES string of the molecule is Cc1cccc(NC(=S)NN=Cc2c(C)nn(-c3ccccc3)c2C)c1C. The van der Waals surface area contributed by atoms with Crippen LogP contribution in [0.1, 0.15) is 28.1 Å². The largest absolute Gasteiger partial charge is 0.331 e. The van der Waals surface area contributed by atoms with Gasteiger partial charge in [0.15, 0.2) is 5.11 Å². The molecular formula is C21H23N5S. The van der Waals surface area contributed by atoms with Gasteiger partial charge in [0.25, 0.3) is 0 Å². The van der Waals surface area contributed by atoms with Gasteiger partial charge in [-0.2, -0.15) is 10.2 Å². The summed E-state index contributed by atoms with van der Waals surface area (Å²) in [7, 11) is 0. The zero-order valence-electron chi connectivity index (χ0n) is 15.9. The highest BCUT2D eigenvalue weighted by atomic mass is 32.1. The topological polar surface area (TPSA) is 54.2 Å². The zero-order chi connectivity index (χ0) is 19.4. The molecule has 1 heterocycles. The molecule has 0 atom stereocenters. The quantitative estimate of drug-likeness (QED) is 0.401. The molecule has 5 nitrogen and oxygen atoms in total. The Morgan fingerprint density at radius 3 is 2.52 bits per heavy atom. The molecule has 138 valence electrons. The Kier molecular flexibility index (Phi) is 5.66. The van der Waals surface area contributed by atoms with Gasteiger partial charge >= 0.3 is 0 Å². The third-order valence-electron chi connectivity index (χ3n) is 4.56. The van der Waals surface area contributed by atoms with Crippen molar-refractivity contribution in [2.75, 3.05) is 5.32 Å². The fourth-order valence-electron chi connectivity index (χ4n) is 2.85. The van der Waals surface area contributed by atoms with Crippen molar-refractivity contribution in [3.63, 3.8) is 0 Å². The van der Waals surface area contributed by atoms with Gasteiger partial charge in [-0.1, -0.05) is 30.3 Å². The molecule has 6 heteroatoms. The molecule has 0 fully saturated rings. The number of benzene rings is 2. The number of aromatic nitrogens is 2. The van der Waals surface area contributed by atoms with E-state index in [0.29, 0.717) is 5.11 Å². The third kappa shape index (κ3) is 4.23. The summed E-state index contributed by atoms with van der Waals surface area (Å²) in [6.45, 7) is 8.14. The second kappa shape index (κ2) is 8.14. The van der Waals surface area contributed by atoms with Gasteiger partial charge in [0.1, 0.15) is 0 Å². The molecule has 0 unspecified atom stereocenters. The van der Waals surface area contributed by atoms with Crippen LogP contribution in [0.5, 0.6) is 0 Å². The van der Waals surface area contributed by atoms with Gasteiger partial charge in [-0.3, -0.25) is 5.43 Å². The normalized spacial score (nSPS) is 11.0. The van der Waals surface area contributed by atoms with E-state index in [4.69, 9.17) is 12.2 Å². The molecule has 1 aromatic heterocycles. The Morgan fingerprint density at radius 1 is 1.04 bits per heavy atom. The van der Waals surface area contributed by atoms with E-state index in [9.17, 15) is 0 Å². The summed E-state index contributed by atoms with van der Waals surface area (Å²) < 4.78 is 1.92. The number of para-hydroxylation sites is 1. The first-order valence-electron chi connectivity index (χ1n) is 8.75. The molecule has 0 aliphatic heterocycles. The molecule has 2 aromatic carbocycles. The van der Waals surface area contributed by atoms with E-state index in [1.165, 1.54) is 11.1 Å². The van der Waals surface area contributed by atoms with Crippen molar-refractivity contribution in [2.24, 2.45) is 5.10 Å². The highest BCUT2D eigenvalue weighted by molar-refractivity contribution is 7.80. The smallest absolute Gasteiger partial charge is 0.191 e. The molecular weight excluding hydrogens is 354 g/mol. The summed E-state index contributed by atoms with van der Waals surface area (Å²) in [4.78, 5) is 0. The summed E-state index contributed by atoms with van der Waals surface area (Å²) >= 11 is 5.34. The molecule has 0 saturated heterocycles. The van der Waals surface area contributed by atoms with E-state index in [-0.39, 0.29) is 0 Å². The summed E-state index contributed by atoms with van der Waals surface area (Å²) in [6.07, 6.45) is 1.76. The van der Waals surface area contributed by atoms with Crippen molar-refractivity contribution in [3.8, 4) is 5.69 Å². The van der Waals surface area contributed by atoms with Crippen LogP contribution in [0, 0.1) is 27.7 Å².